The van der Waals surface area contributed by atoms with Crippen LogP contribution in [0, 0.1) is 11.3 Å². The van der Waals surface area contributed by atoms with Crippen LogP contribution in [0.15, 0.2) is 42.5 Å². The highest BCUT2D eigenvalue weighted by molar-refractivity contribution is 5.86. The first-order valence-corrected chi connectivity index (χ1v) is 14.0. The Bertz CT molecular complexity index is 1440. The number of benzene rings is 2. The van der Waals surface area contributed by atoms with Crippen LogP contribution in [-0.2, 0) is 6.42 Å². The van der Waals surface area contributed by atoms with Gasteiger partial charge in [-0.25, -0.2) is 4.79 Å². The molecule has 2 fully saturated rings. The molecule has 10 nitrogen and oxygen atoms in total. The number of carboxylic acid groups (broad SMARTS) is 1. The summed E-state index contributed by atoms with van der Waals surface area (Å²) in [5.41, 5.74) is 2.03. The Morgan fingerprint density at radius 3 is 2.77 bits per heavy atom. The van der Waals surface area contributed by atoms with Gasteiger partial charge in [0.2, 0.25) is 5.88 Å². The van der Waals surface area contributed by atoms with Gasteiger partial charge in [-0.15, -0.1) is 0 Å². The van der Waals surface area contributed by atoms with Crippen LogP contribution < -0.4 is 14.4 Å². The van der Waals surface area contributed by atoms with Crippen molar-refractivity contribution in [3.63, 3.8) is 0 Å². The number of amides is 1. The number of ether oxygens (including phenoxy) is 2. The average molecular weight is 543 g/mol. The lowest BCUT2D eigenvalue weighted by Crippen LogP contribution is -2.55. The lowest BCUT2D eigenvalue weighted by atomic mass is 9.94. The topological polar surface area (TPSA) is 115 Å². The van der Waals surface area contributed by atoms with Crippen LogP contribution in [0.5, 0.6) is 11.9 Å². The van der Waals surface area contributed by atoms with E-state index in [2.05, 4.69) is 53.2 Å². The molecule has 2 unspecified atom stereocenters. The van der Waals surface area contributed by atoms with Gasteiger partial charge in [0.1, 0.15) is 18.5 Å². The van der Waals surface area contributed by atoms with Crippen LogP contribution >= 0.6 is 0 Å². The fraction of sp³-hybridized carbons (Fsp3) is 0.467. The van der Waals surface area contributed by atoms with Gasteiger partial charge >= 0.3 is 12.1 Å². The first-order valence-electron chi connectivity index (χ1n) is 14.0. The number of hydrogen-bond donors (Lipinski definition) is 1. The molecular weight excluding hydrogens is 508 g/mol. The van der Waals surface area contributed by atoms with E-state index in [1.807, 2.05) is 12.1 Å². The molecule has 3 aliphatic heterocycles. The van der Waals surface area contributed by atoms with Gasteiger partial charge in [0.05, 0.1) is 24.1 Å². The van der Waals surface area contributed by atoms with E-state index in [0.29, 0.717) is 50.4 Å². The van der Waals surface area contributed by atoms with E-state index >= 15 is 0 Å². The first kappa shape index (κ1) is 26.1. The highest BCUT2D eigenvalue weighted by Crippen LogP contribution is 2.41. The maximum Gasteiger partial charge on any atom is 0.407 e. The third kappa shape index (κ3) is 5.09. The van der Waals surface area contributed by atoms with Gasteiger partial charge in [0.25, 0.3) is 0 Å². The van der Waals surface area contributed by atoms with Gasteiger partial charge in [0.15, 0.2) is 0 Å². The molecule has 0 bridgehead atoms. The molecule has 0 saturated carbocycles. The summed E-state index contributed by atoms with van der Waals surface area (Å²) < 4.78 is 12.8. The predicted octanol–water partition coefficient (Wildman–Crippen LogP) is 4.25. The normalized spacial score (nSPS) is 22.9. The lowest BCUT2D eigenvalue weighted by molar-refractivity contribution is 0.118. The molecule has 40 heavy (non-hydrogen) atoms. The standard InChI is InChI=1S/C30H34N6O4/c1-34-15-5-8-22(34)19-39-29-32-27(35-16-17-36(30(37)38)21(18-35)13-14-31)25-11-12-26(40-28(25)33-29)24-10-4-7-20-6-2-3-9-23(20)24/h2-4,6-7,9-10,21-22,26H,5,8,11-13,15-19H2,1H3,(H,37,38)/t21-,22?,26?/m0/s1. The zero-order valence-electron chi connectivity index (χ0n) is 22.7. The quantitative estimate of drug-likeness (QED) is 0.488. The zero-order valence-corrected chi connectivity index (χ0v) is 22.7. The van der Waals surface area contributed by atoms with Crippen LogP contribution in [0.3, 0.4) is 0 Å². The Labute approximate surface area is 233 Å². The number of anilines is 1. The van der Waals surface area contributed by atoms with E-state index in [1.165, 1.54) is 10.3 Å². The number of nitriles is 1. The maximum atomic E-state index is 11.8. The van der Waals surface area contributed by atoms with Crippen molar-refractivity contribution in [1.82, 2.24) is 19.8 Å². The molecular formula is C30H34N6O4. The molecule has 208 valence electrons. The number of nitrogens with zero attached hydrogens (tertiary/aromatic N) is 6. The molecule has 2 aromatic carbocycles. The Balaban J connectivity index is 1.33. The molecule has 0 radical (unpaired) electrons. The highest BCUT2D eigenvalue weighted by Gasteiger charge is 2.35. The number of piperazine rings is 1. The molecule has 1 amide bonds. The van der Waals surface area contributed by atoms with Crippen molar-refractivity contribution in [2.45, 2.75) is 50.3 Å². The molecule has 0 spiro atoms. The number of hydrogen-bond acceptors (Lipinski definition) is 8. The minimum Gasteiger partial charge on any atom is -0.469 e. The van der Waals surface area contributed by atoms with Crippen LogP contribution in [0.1, 0.15) is 42.9 Å². The SMILES string of the molecule is CN1CCCC1COc1nc2c(c(N3CCN(C(=O)O)[C@@H](CC#N)C3)n1)CCC(c1cccc3ccccc13)O2. The molecule has 1 N–H and O–H groups in total. The van der Waals surface area contributed by atoms with Gasteiger partial charge in [-0.05, 0) is 50.0 Å². The van der Waals surface area contributed by atoms with Crippen molar-refractivity contribution in [1.29, 1.82) is 5.26 Å². The van der Waals surface area contributed by atoms with Gasteiger partial charge in [-0.2, -0.15) is 15.2 Å². The van der Waals surface area contributed by atoms with Crippen molar-refractivity contribution in [3.8, 4) is 18.0 Å². The Morgan fingerprint density at radius 2 is 1.98 bits per heavy atom. The Kier molecular flexibility index (Phi) is 7.30. The predicted molar refractivity (Wildman–Crippen MR) is 150 cm³/mol. The maximum absolute atomic E-state index is 11.8. The largest absolute Gasteiger partial charge is 0.469 e. The van der Waals surface area contributed by atoms with Crippen molar-refractivity contribution in [2.24, 2.45) is 0 Å². The third-order valence-corrected chi connectivity index (χ3v) is 8.44. The summed E-state index contributed by atoms with van der Waals surface area (Å²) in [6, 6.07) is 16.9. The molecule has 10 heteroatoms. The van der Waals surface area contributed by atoms with Crippen LogP contribution in [-0.4, -0.2) is 82.9 Å². The summed E-state index contributed by atoms with van der Waals surface area (Å²) in [6.07, 6.45) is 2.65. The second kappa shape index (κ2) is 11.2. The summed E-state index contributed by atoms with van der Waals surface area (Å²) >= 11 is 0. The number of rotatable bonds is 6. The Hall–Kier alpha value is -4.10. The van der Waals surface area contributed by atoms with Crippen LogP contribution in [0.25, 0.3) is 10.8 Å². The van der Waals surface area contributed by atoms with Crippen LogP contribution in [0.4, 0.5) is 10.6 Å². The summed E-state index contributed by atoms with van der Waals surface area (Å²) in [5, 5.41) is 21.4. The summed E-state index contributed by atoms with van der Waals surface area (Å²) in [7, 11) is 2.11. The van der Waals surface area contributed by atoms with Crippen molar-refractivity contribution < 1.29 is 19.4 Å². The second-order valence-electron chi connectivity index (χ2n) is 10.9. The molecule has 4 heterocycles. The van der Waals surface area contributed by atoms with E-state index in [-0.39, 0.29) is 18.5 Å². The van der Waals surface area contributed by atoms with Gasteiger partial charge < -0.3 is 29.3 Å². The molecule has 3 aliphatic rings. The summed E-state index contributed by atoms with van der Waals surface area (Å²) in [4.78, 5) is 27.1. The first-order chi connectivity index (χ1) is 19.5. The van der Waals surface area contributed by atoms with Gasteiger partial charge in [-0.3, -0.25) is 0 Å². The van der Waals surface area contributed by atoms with E-state index in [4.69, 9.17) is 19.4 Å². The number of likely N-dealkylation sites (tertiary alicyclic amines) is 1. The number of likely N-dealkylation sites (N-methyl/N-ethyl adjacent to an activating group) is 1. The van der Waals surface area contributed by atoms with E-state index in [0.717, 1.165) is 42.3 Å². The van der Waals surface area contributed by atoms with Crippen LogP contribution in [0.2, 0.25) is 0 Å². The van der Waals surface area contributed by atoms with Gasteiger partial charge in [0, 0.05) is 31.2 Å². The number of carbonyl (C=O) groups is 1. The molecule has 0 aliphatic carbocycles. The second-order valence-corrected chi connectivity index (χ2v) is 10.9. The molecule has 2 saturated heterocycles. The van der Waals surface area contributed by atoms with E-state index < -0.39 is 12.1 Å². The minimum atomic E-state index is -1.00. The zero-order chi connectivity index (χ0) is 27.6. The average Bonchev–Trinajstić information content (AvgIpc) is 3.39. The molecule has 6 rings (SSSR count). The van der Waals surface area contributed by atoms with E-state index in [1.54, 1.807) is 0 Å². The lowest BCUT2D eigenvalue weighted by Gasteiger charge is -2.40. The number of fused-ring (bicyclic) bond motifs is 2. The number of aromatic nitrogens is 2. The van der Waals surface area contributed by atoms with E-state index in [9.17, 15) is 15.2 Å². The van der Waals surface area contributed by atoms with Crippen molar-refractivity contribution >= 4 is 22.7 Å². The van der Waals surface area contributed by atoms with Crippen molar-refractivity contribution in [2.75, 3.05) is 44.7 Å². The smallest absolute Gasteiger partial charge is 0.407 e. The fourth-order valence-corrected chi connectivity index (χ4v) is 6.23. The third-order valence-electron chi connectivity index (χ3n) is 8.44. The summed E-state index contributed by atoms with van der Waals surface area (Å²) in [5.74, 6) is 1.23. The monoisotopic (exact) mass is 542 g/mol. The minimum absolute atomic E-state index is 0.118. The molecule has 3 aromatic rings. The molecule has 1 aromatic heterocycles. The Morgan fingerprint density at radius 1 is 1.12 bits per heavy atom. The summed E-state index contributed by atoms with van der Waals surface area (Å²) in [6.45, 7) is 2.68. The fourth-order valence-electron chi connectivity index (χ4n) is 6.23. The van der Waals surface area contributed by atoms with Crippen molar-refractivity contribution in [3.05, 3.63) is 53.6 Å². The molecule has 3 atom stereocenters. The van der Waals surface area contributed by atoms with Gasteiger partial charge in [-0.1, -0.05) is 42.5 Å². The highest BCUT2D eigenvalue weighted by atomic mass is 16.5.